The number of hydrogen-bond acceptors (Lipinski definition) is 6. The van der Waals surface area contributed by atoms with E-state index < -0.39 is 0 Å². The van der Waals surface area contributed by atoms with E-state index in [0.717, 1.165) is 41.9 Å². The number of fused-ring (bicyclic) bond motifs is 1. The number of nitriles is 1. The molecular formula is C20H26N6O2. The second-order valence-electron chi connectivity index (χ2n) is 7.05. The summed E-state index contributed by atoms with van der Waals surface area (Å²) >= 11 is 0. The van der Waals surface area contributed by atoms with E-state index in [9.17, 15) is 10.1 Å². The lowest BCUT2D eigenvalue weighted by Crippen LogP contribution is -2.38. The largest absolute Gasteiger partial charge is 0.385 e. The predicted octanol–water partition coefficient (Wildman–Crippen LogP) is 1.80. The van der Waals surface area contributed by atoms with Crippen molar-refractivity contribution in [1.29, 1.82) is 5.26 Å². The topological polar surface area (TPSA) is 96.1 Å². The third kappa shape index (κ3) is 4.21. The highest BCUT2D eigenvalue weighted by atomic mass is 16.5. The van der Waals surface area contributed by atoms with Crippen LogP contribution in [0.2, 0.25) is 0 Å². The Labute approximate surface area is 165 Å². The van der Waals surface area contributed by atoms with Gasteiger partial charge in [-0.3, -0.25) is 9.69 Å². The summed E-state index contributed by atoms with van der Waals surface area (Å²) < 4.78 is 7.14. The van der Waals surface area contributed by atoms with Gasteiger partial charge in [0.05, 0.1) is 17.8 Å². The highest BCUT2D eigenvalue weighted by molar-refractivity contribution is 5.93. The van der Waals surface area contributed by atoms with Gasteiger partial charge in [0.15, 0.2) is 0 Å². The minimum atomic E-state index is -0.125. The number of aromatic nitrogens is 3. The molecule has 3 rings (SSSR count). The van der Waals surface area contributed by atoms with E-state index in [0.29, 0.717) is 31.1 Å². The van der Waals surface area contributed by atoms with Crippen molar-refractivity contribution in [2.24, 2.45) is 0 Å². The SMILES string of the molecule is COCCCn1c(C)c(C)c(C#N)c1NC(=O)CN1CCc2cncnc2C1. The van der Waals surface area contributed by atoms with Crippen LogP contribution in [0.25, 0.3) is 0 Å². The quantitative estimate of drug-likeness (QED) is 0.734. The van der Waals surface area contributed by atoms with Crippen LogP contribution in [-0.2, 0) is 29.0 Å². The second kappa shape index (κ2) is 8.95. The van der Waals surface area contributed by atoms with Gasteiger partial charge in [-0.15, -0.1) is 0 Å². The molecule has 0 saturated carbocycles. The first kappa shape index (κ1) is 20.0. The third-order valence-electron chi connectivity index (χ3n) is 5.25. The van der Waals surface area contributed by atoms with Gasteiger partial charge in [-0.25, -0.2) is 9.97 Å². The van der Waals surface area contributed by atoms with Gasteiger partial charge in [0.25, 0.3) is 0 Å². The fraction of sp³-hybridized carbons (Fsp3) is 0.500. The molecule has 2 aromatic rings. The van der Waals surface area contributed by atoms with E-state index in [1.165, 1.54) is 0 Å². The number of rotatable bonds is 7. The number of amides is 1. The van der Waals surface area contributed by atoms with Crippen molar-refractivity contribution < 1.29 is 9.53 Å². The summed E-state index contributed by atoms with van der Waals surface area (Å²) in [6.07, 6.45) is 5.03. The zero-order valence-electron chi connectivity index (χ0n) is 16.7. The van der Waals surface area contributed by atoms with Crippen LogP contribution in [0.1, 0.15) is 34.5 Å². The van der Waals surface area contributed by atoms with Crippen LogP contribution < -0.4 is 5.32 Å². The first-order chi connectivity index (χ1) is 13.5. The summed E-state index contributed by atoms with van der Waals surface area (Å²) in [6.45, 7) is 6.87. The molecule has 0 fully saturated rings. The van der Waals surface area contributed by atoms with E-state index in [1.807, 2.05) is 24.6 Å². The maximum Gasteiger partial charge on any atom is 0.239 e. The molecule has 1 aliphatic heterocycles. The van der Waals surface area contributed by atoms with E-state index in [-0.39, 0.29) is 12.5 Å². The Hall–Kier alpha value is -2.76. The van der Waals surface area contributed by atoms with Crippen LogP contribution in [0.15, 0.2) is 12.5 Å². The number of ether oxygens (including phenoxy) is 1. The highest BCUT2D eigenvalue weighted by Crippen LogP contribution is 2.26. The van der Waals surface area contributed by atoms with Gasteiger partial charge in [0.2, 0.25) is 5.91 Å². The van der Waals surface area contributed by atoms with E-state index in [2.05, 4.69) is 26.3 Å². The molecule has 0 bridgehead atoms. The van der Waals surface area contributed by atoms with Gasteiger partial charge in [0.1, 0.15) is 18.2 Å². The Morgan fingerprint density at radius 3 is 3.00 bits per heavy atom. The molecule has 3 heterocycles. The van der Waals surface area contributed by atoms with E-state index >= 15 is 0 Å². The fourth-order valence-corrected chi connectivity index (χ4v) is 3.59. The normalized spacial score (nSPS) is 13.8. The highest BCUT2D eigenvalue weighted by Gasteiger charge is 2.22. The molecule has 148 valence electrons. The van der Waals surface area contributed by atoms with Crippen molar-refractivity contribution in [3.8, 4) is 6.07 Å². The zero-order chi connectivity index (χ0) is 20.1. The van der Waals surface area contributed by atoms with Crippen LogP contribution in [-0.4, -0.2) is 52.1 Å². The third-order valence-corrected chi connectivity index (χ3v) is 5.25. The van der Waals surface area contributed by atoms with Gasteiger partial charge in [-0.05, 0) is 37.8 Å². The molecule has 8 nitrogen and oxygen atoms in total. The minimum Gasteiger partial charge on any atom is -0.385 e. The molecule has 28 heavy (non-hydrogen) atoms. The molecule has 0 unspecified atom stereocenters. The van der Waals surface area contributed by atoms with Crippen molar-refractivity contribution >= 4 is 11.7 Å². The molecule has 0 radical (unpaired) electrons. The van der Waals surface area contributed by atoms with Gasteiger partial charge in [0, 0.05) is 45.2 Å². The number of carbonyl (C=O) groups excluding carboxylic acids is 1. The van der Waals surface area contributed by atoms with E-state index in [1.54, 1.807) is 13.4 Å². The van der Waals surface area contributed by atoms with Gasteiger partial charge in [-0.2, -0.15) is 5.26 Å². The lowest BCUT2D eigenvalue weighted by molar-refractivity contribution is -0.117. The first-order valence-electron chi connectivity index (χ1n) is 9.43. The number of nitrogens with zero attached hydrogens (tertiary/aromatic N) is 5. The van der Waals surface area contributed by atoms with Gasteiger partial charge < -0.3 is 14.6 Å². The zero-order valence-corrected chi connectivity index (χ0v) is 16.7. The van der Waals surface area contributed by atoms with Crippen molar-refractivity contribution in [3.63, 3.8) is 0 Å². The summed E-state index contributed by atoms with van der Waals surface area (Å²) in [7, 11) is 1.67. The van der Waals surface area contributed by atoms with Gasteiger partial charge in [-0.1, -0.05) is 0 Å². The van der Waals surface area contributed by atoms with Crippen molar-refractivity contribution in [2.75, 3.05) is 32.1 Å². The maximum absolute atomic E-state index is 12.7. The molecule has 8 heteroatoms. The molecule has 0 aliphatic carbocycles. The number of nitrogens with one attached hydrogen (secondary N) is 1. The Morgan fingerprint density at radius 2 is 2.25 bits per heavy atom. The average Bonchev–Trinajstić information content (AvgIpc) is 2.91. The summed E-state index contributed by atoms with van der Waals surface area (Å²) in [4.78, 5) is 23.2. The smallest absolute Gasteiger partial charge is 0.239 e. The Morgan fingerprint density at radius 1 is 1.43 bits per heavy atom. The van der Waals surface area contributed by atoms with Gasteiger partial charge >= 0.3 is 0 Å². The summed E-state index contributed by atoms with van der Waals surface area (Å²) in [6, 6.07) is 2.24. The minimum absolute atomic E-state index is 0.125. The monoisotopic (exact) mass is 382 g/mol. The number of methoxy groups -OCH3 is 1. The Bertz CT molecular complexity index is 899. The summed E-state index contributed by atoms with van der Waals surface area (Å²) in [5.41, 5.74) is 4.54. The second-order valence-corrected chi connectivity index (χ2v) is 7.05. The van der Waals surface area contributed by atoms with Crippen LogP contribution in [0.3, 0.4) is 0 Å². The van der Waals surface area contributed by atoms with E-state index in [4.69, 9.17) is 4.74 Å². The molecule has 0 spiro atoms. The fourth-order valence-electron chi connectivity index (χ4n) is 3.59. The average molecular weight is 382 g/mol. The predicted molar refractivity (Wildman–Crippen MR) is 105 cm³/mol. The molecular weight excluding hydrogens is 356 g/mol. The number of hydrogen-bond donors (Lipinski definition) is 1. The van der Waals surface area contributed by atoms with Crippen molar-refractivity contribution in [1.82, 2.24) is 19.4 Å². The Balaban J connectivity index is 1.71. The first-order valence-corrected chi connectivity index (χ1v) is 9.43. The standard InChI is InChI=1S/C20H26N6O2/c1-14-15(2)26(6-4-8-28-3)20(17(14)9-21)24-19(27)12-25-7-5-16-10-22-13-23-18(16)11-25/h10,13H,4-8,11-12H2,1-3H3,(H,24,27). The number of carbonyl (C=O) groups is 1. The van der Waals surface area contributed by atoms with Crippen LogP contribution in [0.4, 0.5) is 5.82 Å². The van der Waals surface area contributed by atoms with Crippen molar-refractivity contribution in [2.45, 2.75) is 39.8 Å². The van der Waals surface area contributed by atoms with Crippen LogP contribution >= 0.6 is 0 Å². The molecule has 0 aromatic carbocycles. The molecule has 0 atom stereocenters. The molecule has 1 aliphatic rings. The molecule has 1 amide bonds. The van der Waals surface area contributed by atoms with Crippen LogP contribution in [0.5, 0.6) is 0 Å². The number of anilines is 1. The lowest BCUT2D eigenvalue weighted by Gasteiger charge is -2.27. The Kier molecular flexibility index (Phi) is 6.39. The molecule has 2 aromatic heterocycles. The molecule has 1 N–H and O–H groups in total. The maximum atomic E-state index is 12.7. The summed E-state index contributed by atoms with van der Waals surface area (Å²) in [5.74, 6) is 0.456. The molecule has 0 saturated heterocycles. The lowest BCUT2D eigenvalue weighted by atomic mass is 10.1. The van der Waals surface area contributed by atoms with Crippen LogP contribution in [0, 0.1) is 25.2 Å². The summed E-state index contributed by atoms with van der Waals surface area (Å²) in [5, 5.41) is 12.6. The van der Waals surface area contributed by atoms with Crippen molar-refractivity contribution in [3.05, 3.63) is 40.6 Å².